The van der Waals surface area contributed by atoms with Crippen molar-refractivity contribution in [1.82, 2.24) is 5.32 Å². The molecule has 0 bridgehead atoms. The molecule has 1 amide bonds. The van der Waals surface area contributed by atoms with Crippen molar-refractivity contribution in [1.29, 1.82) is 0 Å². The summed E-state index contributed by atoms with van der Waals surface area (Å²) >= 11 is 0. The Balaban J connectivity index is 1.97. The van der Waals surface area contributed by atoms with Crippen LogP contribution in [0.3, 0.4) is 0 Å². The van der Waals surface area contributed by atoms with Crippen molar-refractivity contribution in [3.05, 3.63) is 69.3 Å². The van der Waals surface area contributed by atoms with Gasteiger partial charge >= 0.3 is 5.97 Å². The fourth-order valence-electron chi connectivity index (χ4n) is 2.57. The highest BCUT2D eigenvalue weighted by molar-refractivity contribution is 5.93. The molecule has 9 heteroatoms. The Morgan fingerprint density at radius 2 is 1.87 bits per heavy atom. The number of aryl methyl sites for hydroxylation is 1. The number of anilines is 1. The van der Waals surface area contributed by atoms with Crippen LogP contribution >= 0.6 is 0 Å². The number of carbonyl (C=O) groups is 2. The first-order chi connectivity index (χ1) is 14.3. The van der Waals surface area contributed by atoms with E-state index in [1.165, 1.54) is 26.2 Å². The fourth-order valence-corrected chi connectivity index (χ4v) is 2.57. The Labute approximate surface area is 174 Å². The molecule has 2 N–H and O–H groups in total. The number of hydrogen-bond acceptors (Lipinski definition) is 7. The van der Waals surface area contributed by atoms with Crippen LogP contribution in [0.5, 0.6) is 0 Å². The second-order valence-corrected chi connectivity index (χ2v) is 6.66. The molecule has 0 fully saturated rings. The summed E-state index contributed by atoms with van der Waals surface area (Å²) in [5.74, 6) is -1.28. The van der Waals surface area contributed by atoms with E-state index in [-0.39, 0.29) is 16.9 Å². The zero-order valence-corrected chi connectivity index (χ0v) is 17.1. The molecular weight excluding hydrogens is 390 g/mol. The lowest BCUT2D eigenvalue weighted by Crippen LogP contribution is -2.35. The Kier molecular flexibility index (Phi) is 8.30. The van der Waals surface area contributed by atoms with Gasteiger partial charge in [-0.1, -0.05) is 29.8 Å². The van der Waals surface area contributed by atoms with Gasteiger partial charge in [-0.2, -0.15) is 0 Å². The van der Waals surface area contributed by atoms with Crippen LogP contribution in [-0.4, -0.2) is 43.2 Å². The van der Waals surface area contributed by atoms with E-state index in [0.717, 1.165) is 17.2 Å². The molecule has 1 atom stereocenters. The van der Waals surface area contributed by atoms with Gasteiger partial charge in [0.1, 0.15) is 5.69 Å². The number of methoxy groups -OCH3 is 1. The summed E-state index contributed by atoms with van der Waals surface area (Å²) < 4.78 is 10.1. The SMILES string of the molecule is COCCNc1ccc(C(=O)O[C@@H](C)C(=O)NCc2ccc(C)cc2)cc1[N+](=O)[O-]. The average molecular weight is 415 g/mol. The van der Waals surface area contributed by atoms with Crippen molar-refractivity contribution in [3.8, 4) is 0 Å². The Bertz CT molecular complexity index is 898. The van der Waals surface area contributed by atoms with Crippen molar-refractivity contribution < 1.29 is 24.0 Å². The minimum Gasteiger partial charge on any atom is -0.449 e. The van der Waals surface area contributed by atoms with Crippen molar-refractivity contribution >= 4 is 23.3 Å². The van der Waals surface area contributed by atoms with E-state index in [0.29, 0.717) is 19.7 Å². The summed E-state index contributed by atoms with van der Waals surface area (Å²) in [7, 11) is 1.52. The molecule has 0 spiro atoms. The molecule has 0 unspecified atom stereocenters. The van der Waals surface area contributed by atoms with Gasteiger partial charge in [0.2, 0.25) is 0 Å². The van der Waals surface area contributed by atoms with Gasteiger partial charge in [0.05, 0.1) is 17.1 Å². The molecule has 0 aromatic heterocycles. The Hall–Kier alpha value is -3.46. The molecule has 30 heavy (non-hydrogen) atoms. The van der Waals surface area contributed by atoms with E-state index in [4.69, 9.17) is 9.47 Å². The number of amides is 1. The van der Waals surface area contributed by atoms with Crippen molar-refractivity contribution in [3.63, 3.8) is 0 Å². The number of ether oxygens (including phenoxy) is 2. The molecule has 2 aromatic rings. The van der Waals surface area contributed by atoms with Crippen molar-refractivity contribution in [2.75, 3.05) is 25.6 Å². The molecule has 0 saturated carbocycles. The van der Waals surface area contributed by atoms with Crippen LogP contribution in [0.25, 0.3) is 0 Å². The van der Waals surface area contributed by atoms with Crippen molar-refractivity contribution in [2.45, 2.75) is 26.5 Å². The van der Waals surface area contributed by atoms with Crippen LogP contribution in [0, 0.1) is 17.0 Å². The molecule has 0 saturated heterocycles. The number of nitrogens with zero attached hydrogens (tertiary/aromatic N) is 1. The molecular formula is C21H25N3O6. The van der Waals surface area contributed by atoms with Gasteiger partial charge in [-0.05, 0) is 31.5 Å². The largest absolute Gasteiger partial charge is 0.449 e. The van der Waals surface area contributed by atoms with E-state index in [9.17, 15) is 19.7 Å². The van der Waals surface area contributed by atoms with E-state index in [1.807, 2.05) is 31.2 Å². The Morgan fingerprint density at radius 3 is 2.50 bits per heavy atom. The zero-order chi connectivity index (χ0) is 22.1. The normalized spacial score (nSPS) is 11.4. The standard InChI is InChI=1S/C21H25N3O6/c1-14-4-6-16(7-5-14)13-23-20(25)15(2)30-21(26)17-8-9-18(22-10-11-29-3)19(12-17)24(27)28/h4-9,12,15,22H,10-11,13H2,1-3H3,(H,23,25)/t15-/m0/s1. The second-order valence-electron chi connectivity index (χ2n) is 6.66. The number of nitro groups is 1. The molecule has 2 rings (SSSR count). The first kappa shape index (κ1) is 22.8. The number of rotatable bonds is 10. The quantitative estimate of drug-likeness (QED) is 0.265. The number of nitro benzene ring substituents is 1. The van der Waals surface area contributed by atoms with Gasteiger partial charge in [-0.25, -0.2) is 4.79 Å². The fraction of sp³-hybridized carbons (Fsp3) is 0.333. The molecule has 0 aliphatic heterocycles. The highest BCUT2D eigenvalue weighted by Crippen LogP contribution is 2.26. The topological polar surface area (TPSA) is 120 Å². The van der Waals surface area contributed by atoms with Gasteiger partial charge in [0.25, 0.3) is 11.6 Å². The third kappa shape index (κ3) is 6.56. The van der Waals surface area contributed by atoms with Crippen LogP contribution < -0.4 is 10.6 Å². The van der Waals surface area contributed by atoms with Crippen LogP contribution in [-0.2, 0) is 20.8 Å². The average Bonchev–Trinajstić information content (AvgIpc) is 2.73. The lowest BCUT2D eigenvalue weighted by molar-refractivity contribution is -0.384. The van der Waals surface area contributed by atoms with Crippen LogP contribution in [0.15, 0.2) is 42.5 Å². The maximum Gasteiger partial charge on any atom is 0.339 e. The summed E-state index contributed by atoms with van der Waals surface area (Å²) in [6, 6.07) is 11.6. The summed E-state index contributed by atoms with van der Waals surface area (Å²) in [5.41, 5.74) is 2.01. The molecule has 0 heterocycles. The summed E-state index contributed by atoms with van der Waals surface area (Å²) in [6.45, 7) is 4.46. The van der Waals surface area contributed by atoms with Gasteiger partial charge in [0.15, 0.2) is 6.10 Å². The first-order valence-electron chi connectivity index (χ1n) is 9.37. The molecule has 0 aliphatic carbocycles. The lowest BCUT2D eigenvalue weighted by Gasteiger charge is -2.14. The Morgan fingerprint density at radius 1 is 1.17 bits per heavy atom. The van der Waals surface area contributed by atoms with Crippen LogP contribution in [0.2, 0.25) is 0 Å². The summed E-state index contributed by atoms with van der Waals surface area (Å²) in [4.78, 5) is 35.3. The molecule has 2 aromatic carbocycles. The third-order valence-corrected chi connectivity index (χ3v) is 4.29. The smallest absolute Gasteiger partial charge is 0.339 e. The van der Waals surface area contributed by atoms with E-state index in [1.54, 1.807) is 0 Å². The maximum absolute atomic E-state index is 12.4. The predicted molar refractivity (Wildman–Crippen MR) is 111 cm³/mol. The maximum atomic E-state index is 12.4. The second kappa shape index (κ2) is 10.9. The first-order valence-corrected chi connectivity index (χ1v) is 9.37. The highest BCUT2D eigenvalue weighted by Gasteiger charge is 2.22. The van der Waals surface area contributed by atoms with E-state index >= 15 is 0 Å². The predicted octanol–water partition coefficient (Wildman–Crippen LogP) is 2.82. The number of nitrogens with one attached hydrogen (secondary N) is 2. The monoisotopic (exact) mass is 415 g/mol. The van der Waals surface area contributed by atoms with Crippen LogP contribution in [0.1, 0.15) is 28.4 Å². The number of hydrogen-bond donors (Lipinski definition) is 2. The summed E-state index contributed by atoms with van der Waals surface area (Å²) in [5, 5.41) is 16.9. The number of esters is 1. The lowest BCUT2D eigenvalue weighted by atomic mass is 10.1. The van der Waals surface area contributed by atoms with Gasteiger partial charge in [-0.15, -0.1) is 0 Å². The zero-order valence-electron chi connectivity index (χ0n) is 17.1. The highest BCUT2D eigenvalue weighted by atomic mass is 16.6. The number of carbonyl (C=O) groups excluding carboxylic acids is 2. The molecule has 160 valence electrons. The minimum atomic E-state index is -1.05. The van der Waals surface area contributed by atoms with Crippen LogP contribution in [0.4, 0.5) is 11.4 Å². The van der Waals surface area contributed by atoms with E-state index < -0.39 is 22.9 Å². The van der Waals surface area contributed by atoms with Gasteiger partial charge < -0.3 is 20.1 Å². The summed E-state index contributed by atoms with van der Waals surface area (Å²) in [6.07, 6.45) is -1.05. The molecule has 0 radical (unpaired) electrons. The van der Waals surface area contributed by atoms with Gasteiger partial charge in [-0.3, -0.25) is 14.9 Å². The van der Waals surface area contributed by atoms with Gasteiger partial charge in [0, 0.05) is 26.3 Å². The van der Waals surface area contributed by atoms with Crippen molar-refractivity contribution in [2.24, 2.45) is 0 Å². The minimum absolute atomic E-state index is 0.0165. The molecule has 0 aliphatic rings. The third-order valence-electron chi connectivity index (χ3n) is 4.29. The molecule has 9 nitrogen and oxygen atoms in total. The van der Waals surface area contributed by atoms with E-state index in [2.05, 4.69) is 10.6 Å². The number of benzene rings is 2.